The number of H-pyrrole nitrogens is 1. The Kier molecular flexibility index (Phi) is 9.72. The quantitative estimate of drug-likeness (QED) is 0.378. The zero-order chi connectivity index (χ0) is 24.5. The number of thioether (sulfide) groups is 1. The van der Waals surface area contributed by atoms with Gasteiger partial charge in [0, 0.05) is 11.3 Å². The van der Waals surface area contributed by atoms with Gasteiger partial charge in [-0.05, 0) is 63.8 Å². The first-order valence-corrected chi connectivity index (χ1v) is 12.1. The lowest BCUT2D eigenvalue weighted by Crippen LogP contribution is -2.44. The van der Waals surface area contributed by atoms with E-state index in [1.165, 1.54) is 18.7 Å². The number of nitrogens with one attached hydrogen (secondary N) is 2. The second kappa shape index (κ2) is 12.2. The molecule has 1 amide bonds. The van der Waals surface area contributed by atoms with Gasteiger partial charge < -0.3 is 19.8 Å². The van der Waals surface area contributed by atoms with Crippen LogP contribution in [-0.4, -0.2) is 59.4 Å². The number of benzene rings is 1. The first-order chi connectivity index (χ1) is 15.7. The average Bonchev–Trinajstić information content (AvgIpc) is 3.10. The predicted molar refractivity (Wildman–Crippen MR) is 127 cm³/mol. The number of ether oxygens (including phenoxy) is 2. The van der Waals surface area contributed by atoms with Crippen molar-refractivity contribution in [3.63, 3.8) is 0 Å². The maximum atomic E-state index is 13.0. The smallest absolute Gasteiger partial charge is 0.340 e. The molecule has 33 heavy (non-hydrogen) atoms. The van der Waals surface area contributed by atoms with E-state index in [1.807, 2.05) is 6.26 Å². The molecular weight excluding hydrogens is 444 g/mol. The summed E-state index contributed by atoms with van der Waals surface area (Å²) in [7, 11) is 0. The monoisotopic (exact) mass is 474 g/mol. The van der Waals surface area contributed by atoms with Crippen LogP contribution in [0, 0.1) is 13.8 Å². The second-order valence-corrected chi connectivity index (χ2v) is 8.45. The normalized spacial score (nSPS) is 12.5. The van der Waals surface area contributed by atoms with E-state index in [4.69, 9.17) is 9.47 Å². The lowest BCUT2D eigenvalue weighted by atomic mass is 10.1. The van der Waals surface area contributed by atoms with Crippen molar-refractivity contribution in [2.45, 2.75) is 46.3 Å². The van der Waals surface area contributed by atoms with Crippen molar-refractivity contribution >= 4 is 35.4 Å². The number of aromatic nitrogens is 1. The SMILES string of the molecule is CCOC(=O)c1c(C)[nH]c(C(=O)[C@@H](C)OC(=O)[C@@H](CCSC)NC(=O)c2ccccc2)c1C. The Balaban J connectivity index is 2.14. The summed E-state index contributed by atoms with van der Waals surface area (Å²) in [4.78, 5) is 53.4. The van der Waals surface area contributed by atoms with Crippen LogP contribution < -0.4 is 5.32 Å². The Labute approximate surface area is 197 Å². The molecular formula is C24H30N2O6S. The number of Topliss-reactive ketones (excluding diaryl/α,β-unsaturated/α-hetero) is 1. The number of hydrogen-bond acceptors (Lipinski definition) is 7. The standard InChI is InChI=1S/C24H30N2O6S/c1-6-31-24(30)19-14(2)20(25-15(19)3)21(27)16(4)32-23(29)18(12-13-33-5)26-22(28)17-10-8-7-9-11-17/h7-11,16,18,25H,6,12-13H2,1-5H3,(H,26,28)/t16-,18-/m1/s1. The fourth-order valence-electron chi connectivity index (χ4n) is 3.33. The van der Waals surface area contributed by atoms with Crippen LogP contribution in [-0.2, 0) is 14.3 Å². The highest BCUT2D eigenvalue weighted by molar-refractivity contribution is 7.98. The van der Waals surface area contributed by atoms with Crippen LogP contribution in [0.25, 0.3) is 0 Å². The Bertz CT molecular complexity index is 1000. The number of ketones is 1. The van der Waals surface area contributed by atoms with E-state index < -0.39 is 35.8 Å². The van der Waals surface area contributed by atoms with Crippen molar-refractivity contribution in [2.75, 3.05) is 18.6 Å². The summed E-state index contributed by atoms with van der Waals surface area (Å²) < 4.78 is 10.5. The maximum absolute atomic E-state index is 13.0. The van der Waals surface area contributed by atoms with Crippen LogP contribution in [0.4, 0.5) is 0 Å². The highest BCUT2D eigenvalue weighted by atomic mass is 32.2. The van der Waals surface area contributed by atoms with Gasteiger partial charge in [-0.25, -0.2) is 9.59 Å². The minimum Gasteiger partial charge on any atom is -0.462 e. The third-order valence-corrected chi connectivity index (χ3v) is 5.71. The number of carbonyl (C=O) groups excluding carboxylic acids is 4. The molecule has 1 aromatic heterocycles. The Morgan fingerprint density at radius 2 is 1.79 bits per heavy atom. The summed E-state index contributed by atoms with van der Waals surface area (Å²) in [6.45, 7) is 6.69. The van der Waals surface area contributed by atoms with Gasteiger partial charge in [0.2, 0.25) is 5.78 Å². The zero-order valence-electron chi connectivity index (χ0n) is 19.5. The van der Waals surface area contributed by atoms with Crippen LogP contribution >= 0.6 is 11.8 Å². The predicted octanol–water partition coefficient (Wildman–Crippen LogP) is 3.47. The molecule has 0 saturated heterocycles. The molecule has 2 atom stereocenters. The molecule has 2 aromatic rings. The molecule has 8 nitrogen and oxygen atoms in total. The summed E-state index contributed by atoms with van der Waals surface area (Å²) in [6.07, 6.45) is 1.13. The van der Waals surface area contributed by atoms with Crippen molar-refractivity contribution in [3.8, 4) is 0 Å². The van der Waals surface area contributed by atoms with Gasteiger partial charge in [0.15, 0.2) is 6.10 Å². The van der Waals surface area contributed by atoms with Gasteiger partial charge in [-0.1, -0.05) is 18.2 Å². The van der Waals surface area contributed by atoms with Gasteiger partial charge in [-0.15, -0.1) is 0 Å². The minimum atomic E-state index is -1.12. The van der Waals surface area contributed by atoms with E-state index in [0.29, 0.717) is 34.6 Å². The van der Waals surface area contributed by atoms with Gasteiger partial charge in [-0.2, -0.15) is 11.8 Å². The number of aryl methyl sites for hydroxylation is 1. The number of amides is 1. The number of carbonyl (C=O) groups is 4. The third-order valence-electron chi connectivity index (χ3n) is 5.06. The summed E-state index contributed by atoms with van der Waals surface area (Å²) in [5.74, 6) is -1.46. The number of esters is 2. The van der Waals surface area contributed by atoms with Crippen LogP contribution in [0.1, 0.15) is 62.7 Å². The molecule has 1 aromatic carbocycles. The molecule has 178 valence electrons. The van der Waals surface area contributed by atoms with Gasteiger partial charge in [0.1, 0.15) is 6.04 Å². The first-order valence-electron chi connectivity index (χ1n) is 10.7. The van der Waals surface area contributed by atoms with Crippen LogP contribution in [0.5, 0.6) is 0 Å². The highest BCUT2D eigenvalue weighted by Gasteiger charge is 2.30. The molecule has 0 aliphatic rings. The van der Waals surface area contributed by atoms with Gasteiger partial charge in [0.25, 0.3) is 5.91 Å². The van der Waals surface area contributed by atoms with Crippen LogP contribution in [0.3, 0.4) is 0 Å². The van der Waals surface area contributed by atoms with E-state index in [9.17, 15) is 19.2 Å². The van der Waals surface area contributed by atoms with Gasteiger partial charge in [0.05, 0.1) is 17.9 Å². The molecule has 0 spiro atoms. The van der Waals surface area contributed by atoms with Crippen molar-refractivity contribution in [1.82, 2.24) is 10.3 Å². The second-order valence-electron chi connectivity index (χ2n) is 7.46. The molecule has 9 heteroatoms. The van der Waals surface area contributed by atoms with E-state index in [1.54, 1.807) is 51.1 Å². The summed E-state index contributed by atoms with van der Waals surface area (Å²) in [5, 5.41) is 2.70. The highest BCUT2D eigenvalue weighted by Crippen LogP contribution is 2.21. The lowest BCUT2D eigenvalue weighted by molar-refractivity contribution is -0.148. The summed E-state index contributed by atoms with van der Waals surface area (Å²) in [6, 6.07) is 7.65. The van der Waals surface area contributed by atoms with Gasteiger partial charge >= 0.3 is 11.9 Å². The van der Waals surface area contributed by atoms with E-state index in [-0.39, 0.29) is 12.3 Å². The van der Waals surface area contributed by atoms with Crippen LogP contribution in [0.2, 0.25) is 0 Å². The number of aromatic amines is 1. The first kappa shape index (κ1) is 26.2. The molecule has 0 saturated carbocycles. The molecule has 2 N–H and O–H groups in total. The Morgan fingerprint density at radius 3 is 2.39 bits per heavy atom. The van der Waals surface area contributed by atoms with Crippen molar-refractivity contribution < 1.29 is 28.7 Å². The molecule has 0 aliphatic carbocycles. The van der Waals surface area contributed by atoms with Gasteiger partial charge in [-0.3, -0.25) is 9.59 Å². The molecule has 0 bridgehead atoms. The van der Waals surface area contributed by atoms with E-state index in [2.05, 4.69) is 10.3 Å². The Hall–Kier alpha value is -3.07. The summed E-state index contributed by atoms with van der Waals surface area (Å²) in [5.41, 5.74) is 1.85. The summed E-state index contributed by atoms with van der Waals surface area (Å²) >= 11 is 1.53. The molecule has 0 aliphatic heterocycles. The lowest BCUT2D eigenvalue weighted by Gasteiger charge is -2.20. The maximum Gasteiger partial charge on any atom is 0.340 e. The molecule has 0 unspecified atom stereocenters. The average molecular weight is 475 g/mol. The Morgan fingerprint density at radius 1 is 1.12 bits per heavy atom. The largest absolute Gasteiger partial charge is 0.462 e. The topological polar surface area (TPSA) is 115 Å². The minimum absolute atomic E-state index is 0.185. The third kappa shape index (κ3) is 6.71. The van der Waals surface area contributed by atoms with Crippen molar-refractivity contribution in [2.24, 2.45) is 0 Å². The number of hydrogen-bond donors (Lipinski definition) is 2. The molecule has 2 rings (SSSR count). The van der Waals surface area contributed by atoms with Crippen molar-refractivity contribution in [1.29, 1.82) is 0 Å². The van der Waals surface area contributed by atoms with E-state index >= 15 is 0 Å². The number of rotatable bonds is 11. The molecule has 1 heterocycles. The zero-order valence-corrected chi connectivity index (χ0v) is 20.3. The molecule has 0 fully saturated rings. The fraction of sp³-hybridized carbons (Fsp3) is 0.417. The van der Waals surface area contributed by atoms with Crippen LogP contribution in [0.15, 0.2) is 30.3 Å². The fourth-order valence-corrected chi connectivity index (χ4v) is 3.81. The van der Waals surface area contributed by atoms with E-state index in [0.717, 1.165) is 0 Å². The van der Waals surface area contributed by atoms with Crippen molar-refractivity contribution in [3.05, 3.63) is 58.4 Å². The molecule has 0 radical (unpaired) electrons.